The van der Waals surface area contributed by atoms with Gasteiger partial charge < -0.3 is 10.0 Å². The maximum Gasteiger partial charge on any atom is 0.304 e. The molecule has 0 aromatic heterocycles. The van der Waals surface area contributed by atoms with Crippen molar-refractivity contribution in [1.29, 1.82) is 0 Å². The Bertz CT molecular complexity index is 382. The van der Waals surface area contributed by atoms with Crippen LogP contribution in [0.15, 0.2) is 18.2 Å². The molecule has 1 aromatic carbocycles. The lowest BCUT2D eigenvalue weighted by Gasteiger charge is -2.15. The second-order valence-electron chi connectivity index (χ2n) is 3.63. The van der Waals surface area contributed by atoms with E-state index < -0.39 is 17.6 Å². The summed E-state index contributed by atoms with van der Waals surface area (Å²) in [6.45, 7) is 0.763. The number of halogens is 2. The Morgan fingerprint density at radius 2 is 2.06 bits per heavy atom. The summed E-state index contributed by atoms with van der Waals surface area (Å²) >= 11 is 0. The van der Waals surface area contributed by atoms with Gasteiger partial charge in [-0.1, -0.05) is 6.07 Å². The SMILES string of the molecule is CN(CCC(=O)O)Cc1ccc(F)c(F)c1. The molecule has 0 saturated heterocycles. The van der Waals surface area contributed by atoms with Crippen molar-refractivity contribution in [2.24, 2.45) is 0 Å². The first-order valence-corrected chi connectivity index (χ1v) is 4.83. The summed E-state index contributed by atoms with van der Waals surface area (Å²) in [5.74, 6) is -2.64. The number of carboxylic acid groups (broad SMARTS) is 1. The van der Waals surface area contributed by atoms with Crippen molar-refractivity contribution in [2.45, 2.75) is 13.0 Å². The average molecular weight is 229 g/mol. The quantitative estimate of drug-likeness (QED) is 0.838. The third-order valence-corrected chi connectivity index (χ3v) is 2.14. The van der Waals surface area contributed by atoms with E-state index in [0.29, 0.717) is 18.7 Å². The van der Waals surface area contributed by atoms with E-state index >= 15 is 0 Å². The number of carbonyl (C=O) groups is 1. The van der Waals surface area contributed by atoms with Crippen LogP contribution in [0.2, 0.25) is 0 Å². The van der Waals surface area contributed by atoms with Crippen molar-refractivity contribution in [1.82, 2.24) is 4.90 Å². The monoisotopic (exact) mass is 229 g/mol. The predicted octanol–water partition coefficient (Wildman–Crippen LogP) is 1.87. The van der Waals surface area contributed by atoms with E-state index in [-0.39, 0.29) is 6.42 Å². The van der Waals surface area contributed by atoms with E-state index in [1.807, 2.05) is 0 Å². The number of hydrogen-bond acceptors (Lipinski definition) is 2. The van der Waals surface area contributed by atoms with Gasteiger partial charge in [0.2, 0.25) is 0 Å². The summed E-state index contributed by atoms with van der Waals surface area (Å²) in [5.41, 5.74) is 0.617. The van der Waals surface area contributed by atoms with Gasteiger partial charge in [0.15, 0.2) is 11.6 Å². The van der Waals surface area contributed by atoms with Gasteiger partial charge in [0.25, 0.3) is 0 Å². The summed E-state index contributed by atoms with van der Waals surface area (Å²) in [7, 11) is 1.73. The van der Waals surface area contributed by atoms with Gasteiger partial charge in [0.05, 0.1) is 6.42 Å². The van der Waals surface area contributed by atoms with Gasteiger partial charge in [-0.2, -0.15) is 0 Å². The van der Waals surface area contributed by atoms with Gasteiger partial charge in [0, 0.05) is 13.1 Å². The molecule has 0 saturated carbocycles. The minimum absolute atomic E-state index is 0.0280. The fourth-order valence-corrected chi connectivity index (χ4v) is 1.32. The molecule has 0 bridgehead atoms. The van der Waals surface area contributed by atoms with E-state index in [1.165, 1.54) is 6.07 Å². The van der Waals surface area contributed by atoms with Gasteiger partial charge in [-0.15, -0.1) is 0 Å². The number of hydrogen-bond donors (Lipinski definition) is 1. The highest BCUT2D eigenvalue weighted by Crippen LogP contribution is 2.10. The Morgan fingerprint density at radius 1 is 1.38 bits per heavy atom. The molecule has 16 heavy (non-hydrogen) atoms. The molecule has 88 valence electrons. The average Bonchev–Trinajstić information content (AvgIpc) is 2.21. The number of carboxylic acids is 1. The largest absolute Gasteiger partial charge is 0.481 e. The van der Waals surface area contributed by atoms with Crippen molar-refractivity contribution >= 4 is 5.97 Å². The first-order chi connectivity index (χ1) is 7.49. The van der Waals surface area contributed by atoms with Crippen LogP contribution in [0.3, 0.4) is 0 Å². The zero-order chi connectivity index (χ0) is 12.1. The molecule has 0 amide bonds. The standard InChI is InChI=1S/C11H13F2NO2/c1-14(5-4-11(15)16)7-8-2-3-9(12)10(13)6-8/h2-3,6H,4-5,7H2,1H3,(H,15,16). The Kier molecular flexibility index (Phi) is 4.37. The lowest BCUT2D eigenvalue weighted by Crippen LogP contribution is -2.21. The topological polar surface area (TPSA) is 40.5 Å². The second-order valence-corrected chi connectivity index (χ2v) is 3.63. The highest BCUT2D eigenvalue weighted by molar-refractivity contribution is 5.66. The van der Waals surface area contributed by atoms with Crippen molar-refractivity contribution < 1.29 is 18.7 Å². The van der Waals surface area contributed by atoms with E-state index in [0.717, 1.165) is 12.1 Å². The molecule has 0 aliphatic heterocycles. The molecule has 0 atom stereocenters. The third kappa shape index (κ3) is 3.94. The summed E-state index contributed by atoms with van der Waals surface area (Å²) < 4.78 is 25.5. The summed E-state index contributed by atoms with van der Waals surface area (Å²) in [6.07, 6.45) is 0.0280. The Balaban J connectivity index is 2.52. The molecule has 5 heteroatoms. The predicted molar refractivity (Wildman–Crippen MR) is 54.9 cm³/mol. The van der Waals surface area contributed by atoms with Gasteiger partial charge >= 0.3 is 5.97 Å². The fraction of sp³-hybridized carbons (Fsp3) is 0.364. The zero-order valence-electron chi connectivity index (χ0n) is 8.91. The summed E-state index contributed by atoms with van der Waals surface area (Å²) in [4.78, 5) is 12.1. The fourth-order valence-electron chi connectivity index (χ4n) is 1.32. The number of benzene rings is 1. The Hall–Kier alpha value is -1.49. The zero-order valence-corrected chi connectivity index (χ0v) is 8.91. The normalized spacial score (nSPS) is 10.8. The van der Waals surface area contributed by atoms with Crippen LogP contribution in [0, 0.1) is 11.6 Å². The van der Waals surface area contributed by atoms with E-state index in [1.54, 1.807) is 11.9 Å². The highest BCUT2D eigenvalue weighted by Gasteiger charge is 2.06. The molecule has 1 aromatic rings. The first kappa shape index (κ1) is 12.6. The maximum absolute atomic E-state index is 12.9. The van der Waals surface area contributed by atoms with Gasteiger partial charge in [0.1, 0.15) is 0 Å². The van der Waals surface area contributed by atoms with E-state index in [9.17, 15) is 13.6 Å². The lowest BCUT2D eigenvalue weighted by molar-refractivity contribution is -0.137. The minimum Gasteiger partial charge on any atom is -0.481 e. The Morgan fingerprint density at radius 3 is 2.62 bits per heavy atom. The molecule has 1 N–H and O–H groups in total. The summed E-state index contributed by atoms with van der Waals surface area (Å²) in [5, 5.41) is 8.47. The second kappa shape index (κ2) is 5.55. The minimum atomic E-state index is -0.885. The van der Waals surface area contributed by atoms with Crippen LogP contribution in [0.1, 0.15) is 12.0 Å². The van der Waals surface area contributed by atoms with Crippen LogP contribution >= 0.6 is 0 Å². The maximum atomic E-state index is 12.9. The van der Waals surface area contributed by atoms with E-state index in [2.05, 4.69) is 0 Å². The highest BCUT2D eigenvalue weighted by atomic mass is 19.2. The molecule has 0 heterocycles. The van der Waals surface area contributed by atoms with Crippen LogP contribution in [-0.4, -0.2) is 29.6 Å². The first-order valence-electron chi connectivity index (χ1n) is 4.83. The van der Waals surface area contributed by atoms with Crippen LogP contribution in [0.4, 0.5) is 8.78 Å². The molecule has 0 unspecified atom stereocenters. The molecule has 0 spiro atoms. The molecule has 0 aliphatic carbocycles. The number of nitrogens with zero attached hydrogens (tertiary/aromatic N) is 1. The van der Waals surface area contributed by atoms with Crippen LogP contribution < -0.4 is 0 Å². The molecule has 0 fully saturated rings. The van der Waals surface area contributed by atoms with Crippen LogP contribution in [0.5, 0.6) is 0 Å². The molecule has 3 nitrogen and oxygen atoms in total. The molecule has 1 rings (SSSR count). The van der Waals surface area contributed by atoms with Crippen molar-refractivity contribution in [3.63, 3.8) is 0 Å². The Labute approximate surface area is 92.3 Å². The summed E-state index contributed by atoms with van der Waals surface area (Å²) in [6, 6.07) is 3.66. The van der Waals surface area contributed by atoms with Gasteiger partial charge in [-0.05, 0) is 24.7 Å². The van der Waals surface area contributed by atoms with Crippen LogP contribution in [-0.2, 0) is 11.3 Å². The van der Waals surface area contributed by atoms with Crippen molar-refractivity contribution in [3.05, 3.63) is 35.4 Å². The van der Waals surface area contributed by atoms with E-state index in [4.69, 9.17) is 5.11 Å². The smallest absolute Gasteiger partial charge is 0.304 e. The van der Waals surface area contributed by atoms with Crippen molar-refractivity contribution in [3.8, 4) is 0 Å². The lowest BCUT2D eigenvalue weighted by atomic mass is 10.2. The molecular weight excluding hydrogens is 216 g/mol. The van der Waals surface area contributed by atoms with Gasteiger partial charge in [-0.3, -0.25) is 4.79 Å². The molecule has 0 radical (unpaired) electrons. The number of rotatable bonds is 5. The third-order valence-electron chi connectivity index (χ3n) is 2.14. The van der Waals surface area contributed by atoms with Crippen LogP contribution in [0.25, 0.3) is 0 Å². The van der Waals surface area contributed by atoms with Crippen molar-refractivity contribution in [2.75, 3.05) is 13.6 Å². The molecular formula is C11H13F2NO2. The number of aliphatic carboxylic acids is 1. The molecule has 0 aliphatic rings. The van der Waals surface area contributed by atoms with Gasteiger partial charge in [-0.25, -0.2) is 8.78 Å².